The van der Waals surface area contributed by atoms with Crippen LogP contribution in [0.4, 0.5) is 0 Å². The molecule has 608 valence electrons. The van der Waals surface area contributed by atoms with Crippen LogP contribution in [0.3, 0.4) is 0 Å². The monoisotopic (exact) mass is 1500 g/mol. The van der Waals surface area contributed by atoms with Crippen LogP contribution in [-0.2, 0) is 57.0 Å². The van der Waals surface area contributed by atoms with Crippen molar-refractivity contribution in [2.75, 3.05) is 39.6 Å². The second-order valence-electron chi connectivity index (χ2n) is 28.9. The van der Waals surface area contributed by atoms with Crippen LogP contribution in [0, 0.1) is 0 Å². The Morgan fingerprint density at radius 1 is 0.375 bits per heavy atom. The van der Waals surface area contributed by atoms with Crippen LogP contribution in [0.15, 0.2) is 24.3 Å². The number of nitrogens with one attached hydrogen (secondary N) is 2. The average molecular weight is 1500 g/mol. The van der Waals surface area contributed by atoms with Gasteiger partial charge in [-0.15, -0.1) is 0 Å². The van der Waals surface area contributed by atoms with Crippen molar-refractivity contribution in [1.29, 1.82) is 0 Å². The van der Waals surface area contributed by atoms with Crippen molar-refractivity contribution in [3.05, 3.63) is 24.3 Å². The summed E-state index contributed by atoms with van der Waals surface area (Å²) in [5.74, 6) is -1.14. The molecule has 5 rings (SSSR count). The molecule has 0 bridgehead atoms. The molecule has 0 aromatic heterocycles. The van der Waals surface area contributed by atoms with E-state index < -0.39 is 211 Å². The Morgan fingerprint density at radius 3 is 1.17 bits per heavy atom. The van der Waals surface area contributed by atoms with Gasteiger partial charge < -0.3 is 140 Å². The van der Waals surface area contributed by atoms with E-state index in [0.717, 1.165) is 58.3 Å². The van der Waals surface area contributed by atoms with E-state index in [-0.39, 0.29) is 12.3 Å². The van der Waals surface area contributed by atoms with Crippen LogP contribution in [0.5, 0.6) is 0 Å². The number of allylic oxidation sites excluding steroid dienone is 3. The standard InChI is InChI=1S/C74H134N2O28/c1-4-6-8-10-12-14-16-18-19-20-21-22-23-24-25-27-29-31-33-35-37-39-54(84)76-47(48(83)38-36-34-32-30-28-26-17-15-13-11-9-7-5-2)45-95-71-63(92)60(89)66(52(43-80)99-71)101-73-64(93)61(90)67(53(44-81)100-73)102-74-65(94)69(58(87)51(42-79)98-74)104-70-55(75-46(3)82)68(57(86)50(41-78)96-70)103-72-62(91)59(88)56(85)49(40-77)97-72/h18-19,36,38,47-53,55-74,77-81,83,85-94H,4-17,20-35,37,39-45H2,1-3H3,(H,75,82)(H,76,84)/b19-18-,38-36+/t47-,48+,49?,50?,51?,52?,53?,55?,56-,57-,58-,59-,60+,61+,62?,63?,64?,65?,66+,67-,68+,69-,70-,71+,72-,73-,74-/m0/s1. The number of rotatable bonds is 53. The van der Waals surface area contributed by atoms with Gasteiger partial charge in [-0.3, -0.25) is 9.59 Å². The van der Waals surface area contributed by atoms with E-state index in [2.05, 4.69) is 36.6 Å². The fourth-order valence-corrected chi connectivity index (χ4v) is 14.0. The molecule has 30 heteroatoms. The van der Waals surface area contributed by atoms with Gasteiger partial charge in [0.15, 0.2) is 31.5 Å². The minimum Gasteiger partial charge on any atom is -0.394 e. The summed E-state index contributed by atoms with van der Waals surface area (Å²) in [6.45, 7) is 0.348. The van der Waals surface area contributed by atoms with Gasteiger partial charge in [-0.25, -0.2) is 0 Å². The minimum atomic E-state index is -2.19. The molecule has 5 fully saturated rings. The van der Waals surface area contributed by atoms with E-state index in [1.54, 1.807) is 6.08 Å². The molecular weight excluding hydrogens is 1360 g/mol. The number of carbonyl (C=O) groups excluding carboxylic acids is 2. The van der Waals surface area contributed by atoms with Crippen molar-refractivity contribution < 1.29 is 139 Å². The molecular formula is C74H134N2O28. The molecule has 0 aliphatic carbocycles. The predicted molar refractivity (Wildman–Crippen MR) is 377 cm³/mol. The van der Waals surface area contributed by atoms with Gasteiger partial charge in [-0.2, -0.15) is 0 Å². The van der Waals surface area contributed by atoms with E-state index >= 15 is 0 Å². The summed E-state index contributed by atoms with van der Waals surface area (Å²) >= 11 is 0. The Hall–Kier alpha value is -2.62. The van der Waals surface area contributed by atoms with Gasteiger partial charge in [-0.05, 0) is 44.9 Å². The van der Waals surface area contributed by atoms with Gasteiger partial charge in [0.1, 0.15) is 122 Å². The minimum absolute atomic E-state index is 0.194. The highest BCUT2D eigenvalue weighted by Crippen LogP contribution is 2.37. The van der Waals surface area contributed by atoms with Crippen molar-refractivity contribution in [1.82, 2.24) is 10.6 Å². The lowest BCUT2D eigenvalue weighted by Crippen LogP contribution is -2.70. The number of aliphatic hydroxyl groups excluding tert-OH is 16. The van der Waals surface area contributed by atoms with Crippen molar-refractivity contribution in [2.24, 2.45) is 0 Å². The largest absolute Gasteiger partial charge is 0.394 e. The summed E-state index contributed by atoms with van der Waals surface area (Å²) in [7, 11) is 0. The molecule has 0 radical (unpaired) electrons. The average Bonchev–Trinajstić information content (AvgIpc) is 0.774. The maximum absolute atomic E-state index is 13.5. The van der Waals surface area contributed by atoms with Crippen LogP contribution in [0.1, 0.15) is 226 Å². The van der Waals surface area contributed by atoms with E-state index in [9.17, 15) is 91.3 Å². The van der Waals surface area contributed by atoms with E-state index in [0.29, 0.717) is 12.8 Å². The molecule has 30 nitrogen and oxygen atoms in total. The van der Waals surface area contributed by atoms with Crippen molar-refractivity contribution >= 4 is 11.8 Å². The Morgan fingerprint density at radius 2 is 0.721 bits per heavy atom. The zero-order valence-electron chi connectivity index (χ0n) is 61.8. The van der Waals surface area contributed by atoms with Crippen LogP contribution < -0.4 is 10.6 Å². The molecule has 2 amide bonds. The third kappa shape index (κ3) is 30.2. The first-order valence-electron chi connectivity index (χ1n) is 39.1. The molecule has 0 saturated carbocycles. The van der Waals surface area contributed by atoms with Crippen molar-refractivity contribution in [2.45, 2.75) is 392 Å². The fraction of sp³-hybridized carbons (Fsp3) is 0.919. The summed E-state index contributed by atoms with van der Waals surface area (Å²) in [5.41, 5.74) is 0. The number of ether oxygens (including phenoxy) is 10. The maximum atomic E-state index is 13.5. The highest BCUT2D eigenvalue weighted by molar-refractivity contribution is 5.76. The lowest BCUT2D eigenvalue weighted by atomic mass is 9.94. The first-order chi connectivity index (χ1) is 50.2. The highest BCUT2D eigenvalue weighted by Gasteiger charge is 2.57. The Labute approximate surface area is 614 Å². The summed E-state index contributed by atoms with van der Waals surface area (Å²) in [6.07, 6.45) is -1.89. The van der Waals surface area contributed by atoms with E-state index in [1.807, 2.05) is 6.08 Å². The zero-order valence-corrected chi connectivity index (χ0v) is 61.8. The quantitative estimate of drug-likeness (QED) is 0.0304. The molecule has 0 spiro atoms. The van der Waals surface area contributed by atoms with Gasteiger partial charge in [0, 0.05) is 13.3 Å². The topological polar surface area (TPSA) is 474 Å². The van der Waals surface area contributed by atoms with Crippen LogP contribution >= 0.6 is 0 Å². The van der Waals surface area contributed by atoms with Crippen molar-refractivity contribution in [3.8, 4) is 0 Å². The van der Waals surface area contributed by atoms with Gasteiger partial charge in [0.25, 0.3) is 0 Å². The lowest BCUT2D eigenvalue weighted by molar-refractivity contribution is -0.389. The summed E-state index contributed by atoms with van der Waals surface area (Å²) in [4.78, 5) is 26.2. The second-order valence-corrected chi connectivity index (χ2v) is 28.9. The molecule has 5 aliphatic heterocycles. The van der Waals surface area contributed by atoms with Crippen LogP contribution in [0.2, 0.25) is 0 Å². The zero-order chi connectivity index (χ0) is 75.9. The molecule has 0 aromatic rings. The first kappa shape index (κ1) is 92.0. The number of unbranched alkanes of at least 4 members (excludes halogenated alkanes) is 28. The van der Waals surface area contributed by atoms with Crippen LogP contribution in [-0.4, -0.2) is 299 Å². The predicted octanol–water partition coefficient (Wildman–Crippen LogP) is 1.72. The first-order valence-corrected chi connectivity index (χ1v) is 39.1. The third-order valence-electron chi connectivity index (χ3n) is 20.4. The maximum Gasteiger partial charge on any atom is 0.220 e. The highest BCUT2D eigenvalue weighted by atomic mass is 16.8. The fourth-order valence-electron chi connectivity index (χ4n) is 14.0. The molecule has 27 atom stereocenters. The van der Waals surface area contributed by atoms with Crippen LogP contribution in [0.25, 0.3) is 0 Å². The molecule has 5 aliphatic rings. The molecule has 104 heavy (non-hydrogen) atoms. The SMILES string of the molecule is CCCCCCCC/C=C\CCCCCCCCCCCCCC(=O)N[C@@H](CO[C@@H]1OC(CO)[C@@H](O[C@@H]2OC(CO)[C@H](O[C@@H]3OC(CO)[C@H](O)[C@H](O[C@@H]4OC(CO)[C@H](O)[C@H](O[C@@H]5OC(CO)[C@H](O)[C@H](O)C5O)C4NC(C)=O)C3O)[C@H](O)C2O)[C@H](O)C1O)[C@H](O)/C=C/CCCCCCCCCCCCC. The third-order valence-corrected chi connectivity index (χ3v) is 20.4. The molecule has 5 heterocycles. The molecule has 18 N–H and O–H groups in total. The van der Waals surface area contributed by atoms with Crippen molar-refractivity contribution in [3.63, 3.8) is 0 Å². The lowest BCUT2D eigenvalue weighted by Gasteiger charge is -2.50. The summed E-state index contributed by atoms with van der Waals surface area (Å²) in [6, 6.07) is -2.74. The Kier molecular flexibility index (Phi) is 45.8. The normalized spacial score (nSPS) is 34.8. The number of amides is 2. The molecule has 0 aromatic carbocycles. The number of carbonyl (C=O) groups is 2. The number of hydrogen-bond acceptors (Lipinski definition) is 28. The van der Waals surface area contributed by atoms with E-state index in [4.69, 9.17) is 47.4 Å². The van der Waals surface area contributed by atoms with E-state index in [1.165, 1.54) is 135 Å². The van der Waals surface area contributed by atoms with Gasteiger partial charge in [0.05, 0.1) is 51.8 Å². The molecule has 10 unspecified atom stereocenters. The Balaban J connectivity index is 1.15. The number of hydrogen-bond donors (Lipinski definition) is 18. The smallest absolute Gasteiger partial charge is 0.220 e. The summed E-state index contributed by atoms with van der Waals surface area (Å²) < 4.78 is 58.4. The number of aliphatic hydroxyl groups is 16. The summed E-state index contributed by atoms with van der Waals surface area (Å²) in [5, 5.41) is 181. The molecule has 5 saturated heterocycles. The van der Waals surface area contributed by atoms with Gasteiger partial charge in [-0.1, -0.05) is 192 Å². The van der Waals surface area contributed by atoms with Gasteiger partial charge in [0.2, 0.25) is 11.8 Å². The van der Waals surface area contributed by atoms with Gasteiger partial charge >= 0.3 is 0 Å². The second kappa shape index (κ2) is 51.8. The Bertz CT molecular complexity index is 2300.